The van der Waals surface area contributed by atoms with Gasteiger partial charge in [-0.25, -0.2) is 18.4 Å². The van der Waals surface area contributed by atoms with E-state index in [1.54, 1.807) is 30.1 Å². The lowest BCUT2D eigenvalue weighted by atomic mass is 9.96. The summed E-state index contributed by atoms with van der Waals surface area (Å²) in [7, 11) is -0.118. The summed E-state index contributed by atoms with van der Waals surface area (Å²) < 4.78 is 28.2. The van der Waals surface area contributed by atoms with Gasteiger partial charge in [-0.3, -0.25) is 9.69 Å². The number of hydrogen-bond donors (Lipinski definition) is 0. The number of likely N-dealkylation sites (N-methyl/N-ethyl adjacent to an activating group) is 1. The van der Waals surface area contributed by atoms with E-state index in [9.17, 15) is 13.2 Å². The second-order valence-corrected chi connectivity index (χ2v) is 11.1. The van der Waals surface area contributed by atoms with Crippen molar-refractivity contribution in [2.45, 2.75) is 43.0 Å². The van der Waals surface area contributed by atoms with Crippen LogP contribution >= 0.6 is 0 Å². The van der Waals surface area contributed by atoms with Crippen LogP contribution in [0.15, 0.2) is 53.4 Å². The van der Waals surface area contributed by atoms with E-state index in [1.807, 2.05) is 36.2 Å². The fraction of sp³-hybridized carbons (Fsp3) is 0.400. The zero-order valence-corrected chi connectivity index (χ0v) is 20.3. The summed E-state index contributed by atoms with van der Waals surface area (Å²) in [5.74, 6) is 0.848. The molecule has 9 heteroatoms. The fourth-order valence-corrected chi connectivity index (χ4v) is 6.29. The minimum Gasteiger partial charge on any atom is -0.355 e. The van der Waals surface area contributed by atoms with Gasteiger partial charge in [0.15, 0.2) is 11.6 Å². The molecule has 3 aromatic rings. The molecule has 8 nitrogen and oxygen atoms in total. The van der Waals surface area contributed by atoms with E-state index in [0.29, 0.717) is 35.8 Å². The average Bonchev–Trinajstić information content (AvgIpc) is 2.88. The highest BCUT2D eigenvalue weighted by molar-refractivity contribution is 7.89. The molecule has 2 heterocycles. The van der Waals surface area contributed by atoms with Crippen LogP contribution in [-0.4, -0.2) is 61.8 Å². The van der Waals surface area contributed by atoms with Crippen LogP contribution in [0.4, 0.5) is 11.6 Å². The first-order valence-electron chi connectivity index (χ1n) is 11.7. The molecule has 1 aromatic heterocycles. The maximum absolute atomic E-state index is 13.6. The van der Waals surface area contributed by atoms with Gasteiger partial charge in [0.2, 0.25) is 10.0 Å². The van der Waals surface area contributed by atoms with Crippen molar-refractivity contribution in [1.29, 1.82) is 0 Å². The van der Waals surface area contributed by atoms with Crippen molar-refractivity contribution in [1.82, 2.24) is 14.3 Å². The molecule has 0 unspecified atom stereocenters. The first-order valence-corrected chi connectivity index (χ1v) is 13.2. The molecule has 2 aromatic carbocycles. The van der Waals surface area contributed by atoms with Gasteiger partial charge in [0.05, 0.1) is 15.9 Å². The van der Waals surface area contributed by atoms with Crippen LogP contribution in [-0.2, 0) is 10.0 Å². The highest BCUT2D eigenvalue weighted by Gasteiger charge is 2.32. The van der Waals surface area contributed by atoms with Gasteiger partial charge in [-0.15, -0.1) is 0 Å². The number of sulfonamides is 1. The third-order valence-electron chi connectivity index (χ3n) is 6.90. The summed E-state index contributed by atoms with van der Waals surface area (Å²) in [4.78, 5) is 26.8. The molecule has 0 N–H and O–H groups in total. The van der Waals surface area contributed by atoms with E-state index in [-0.39, 0.29) is 16.8 Å². The van der Waals surface area contributed by atoms with Gasteiger partial charge in [0, 0.05) is 38.8 Å². The van der Waals surface area contributed by atoms with Crippen LogP contribution < -0.4 is 9.80 Å². The second kappa shape index (κ2) is 8.96. The number of amides is 1. The number of rotatable bonds is 4. The van der Waals surface area contributed by atoms with Crippen molar-refractivity contribution in [2.75, 3.05) is 37.0 Å². The van der Waals surface area contributed by atoms with Gasteiger partial charge >= 0.3 is 0 Å². The predicted octanol–water partition coefficient (Wildman–Crippen LogP) is 3.68. The van der Waals surface area contributed by atoms with E-state index in [4.69, 9.17) is 9.97 Å². The first kappa shape index (κ1) is 22.7. The summed E-state index contributed by atoms with van der Waals surface area (Å²) >= 11 is 0. The largest absolute Gasteiger partial charge is 0.355 e. The number of fused-ring (bicyclic) bond motifs is 2. The Morgan fingerprint density at radius 3 is 2.32 bits per heavy atom. The Kier molecular flexibility index (Phi) is 5.99. The maximum Gasteiger partial charge on any atom is 0.259 e. The van der Waals surface area contributed by atoms with Crippen LogP contribution in [0.2, 0.25) is 0 Å². The molecule has 0 atom stereocenters. The molecule has 0 spiro atoms. The lowest BCUT2D eigenvalue weighted by molar-refractivity contribution is 0.0985. The van der Waals surface area contributed by atoms with Gasteiger partial charge in [0.1, 0.15) is 0 Å². The summed E-state index contributed by atoms with van der Waals surface area (Å²) in [6.45, 7) is 1.04. The average molecular weight is 480 g/mol. The summed E-state index contributed by atoms with van der Waals surface area (Å²) in [6.07, 6.45) is 4.99. The number of aromatic nitrogens is 2. The number of benzene rings is 2. The Balaban J connectivity index is 1.48. The first-order chi connectivity index (χ1) is 16.4. The van der Waals surface area contributed by atoms with Crippen molar-refractivity contribution >= 4 is 38.6 Å². The smallest absolute Gasteiger partial charge is 0.259 e. The van der Waals surface area contributed by atoms with Crippen molar-refractivity contribution in [3.63, 3.8) is 0 Å². The molecule has 0 saturated heterocycles. The van der Waals surface area contributed by atoms with Gasteiger partial charge < -0.3 is 4.90 Å². The molecule has 178 valence electrons. The fourth-order valence-electron chi connectivity index (χ4n) is 4.83. The summed E-state index contributed by atoms with van der Waals surface area (Å²) in [6, 6.07) is 13.9. The number of anilines is 2. The minimum absolute atomic E-state index is 0.00571. The predicted molar refractivity (Wildman–Crippen MR) is 133 cm³/mol. The second-order valence-electron chi connectivity index (χ2n) is 9.08. The quantitative estimate of drug-likeness (QED) is 0.567. The third-order valence-corrected chi connectivity index (χ3v) is 8.81. The molecule has 1 saturated carbocycles. The van der Waals surface area contributed by atoms with Crippen molar-refractivity contribution in [3.8, 4) is 0 Å². The third kappa shape index (κ3) is 4.03. The van der Waals surface area contributed by atoms with Crippen LogP contribution in [0.5, 0.6) is 0 Å². The van der Waals surface area contributed by atoms with Crippen molar-refractivity contribution in [2.24, 2.45) is 0 Å². The van der Waals surface area contributed by atoms with E-state index < -0.39 is 10.0 Å². The van der Waals surface area contributed by atoms with Gasteiger partial charge in [-0.1, -0.05) is 37.5 Å². The molecular weight excluding hydrogens is 450 g/mol. The van der Waals surface area contributed by atoms with Crippen LogP contribution in [0, 0.1) is 0 Å². The Hall–Kier alpha value is -3.04. The summed E-state index contributed by atoms with van der Waals surface area (Å²) in [5, 5.41) is 0. The number of carbonyl (C=O) groups excluding carboxylic acids is 1. The molecule has 34 heavy (non-hydrogen) atoms. The molecule has 1 fully saturated rings. The number of hydrogen-bond acceptors (Lipinski definition) is 6. The Bertz CT molecular complexity index is 1340. The Morgan fingerprint density at radius 1 is 0.941 bits per heavy atom. The minimum atomic E-state index is -3.70. The highest BCUT2D eigenvalue weighted by atomic mass is 32.2. The normalized spacial score (nSPS) is 17.3. The maximum atomic E-state index is 13.6. The molecule has 1 aliphatic carbocycles. The topological polar surface area (TPSA) is 86.7 Å². The lowest BCUT2D eigenvalue weighted by Crippen LogP contribution is -2.44. The van der Waals surface area contributed by atoms with Crippen LogP contribution in [0.1, 0.15) is 42.5 Å². The van der Waals surface area contributed by atoms with E-state index in [1.165, 1.54) is 10.4 Å². The van der Waals surface area contributed by atoms with E-state index in [0.717, 1.165) is 37.6 Å². The summed E-state index contributed by atoms with van der Waals surface area (Å²) in [5.41, 5.74) is 1.80. The number of carbonyl (C=O) groups is 1. The molecule has 0 radical (unpaired) electrons. The number of nitrogens with zero attached hydrogens (tertiary/aromatic N) is 5. The van der Waals surface area contributed by atoms with E-state index >= 15 is 0 Å². The highest BCUT2D eigenvalue weighted by Crippen LogP contribution is 2.32. The zero-order valence-electron chi connectivity index (χ0n) is 19.5. The molecule has 0 bridgehead atoms. The monoisotopic (exact) mass is 479 g/mol. The zero-order chi connectivity index (χ0) is 23.9. The van der Waals surface area contributed by atoms with Crippen LogP contribution in [0.3, 0.4) is 0 Å². The Morgan fingerprint density at radius 2 is 1.62 bits per heavy atom. The molecule has 2 aliphatic rings. The van der Waals surface area contributed by atoms with E-state index in [2.05, 4.69) is 0 Å². The lowest BCUT2D eigenvalue weighted by Gasteiger charge is -2.34. The van der Waals surface area contributed by atoms with Gasteiger partial charge in [-0.2, -0.15) is 4.31 Å². The SMILES string of the molecule is CN1CCN(C(=O)c2cccc(S(=O)(=O)N(C)C3CCCCC3)c2)c2nc3ccccc3nc21. The molecular formula is C25H29N5O3S. The van der Waals surface area contributed by atoms with Gasteiger partial charge in [-0.05, 0) is 43.2 Å². The van der Waals surface area contributed by atoms with Crippen LogP contribution in [0.25, 0.3) is 11.0 Å². The standard InChI is InChI=1S/C25H29N5O3S/c1-28-15-16-30(24-23(28)26-21-13-6-7-14-22(21)27-24)25(31)18-9-8-12-20(17-18)34(32,33)29(2)19-10-4-3-5-11-19/h6-9,12-14,17,19H,3-5,10-11,15-16H2,1-2H3. The van der Waals surface area contributed by atoms with Gasteiger partial charge in [0.25, 0.3) is 5.91 Å². The number of para-hydroxylation sites is 2. The van der Waals surface area contributed by atoms with Crippen molar-refractivity contribution < 1.29 is 13.2 Å². The molecule has 1 amide bonds. The Labute approximate surface area is 200 Å². The molecule has 1 aliphatic heterocycles. The van der Waals surface area contributed by atoms with Crippen molar-refractivity contribution in [3.05, 3.63) is 54.1 Å². The molecule has 5 rings (SSSR count).